The summed E-state index contributed by atoms with van der Waals surface area (Å²) < 4.78 is 11.9. The minimum absolute atomic E-state index is 0.354. The van der Waals surface area contributed by atoms with Crippen LogP contribution in [0.4, 0.5) is 0 Å². The maximum atomic E-state index is 6.28. The van der Waals surface area contributed by atoms with Crippen LogP contribution in [0.3, 0.4) is 0 Å². The Morgan fingerprint density at radius 3 is 2.43 bits per heavy atom. The number of rotatable bonds is 12. The molecule has 0 aliphatic heterocycles. The summed E-state index contributed by atoms with van der Waals surface area (Å²) >= 11 is 12.3. The quantitative estimate of drug-likeness (QED) is 0.462. The van der Waals surface area contributed by atoms with E-state index >= 15 is 0 Å². The first kappa shape index (κ1) is 22.8. The molecule has 2 aromatic carbocycles. The lowest BCUT2D eigenvalue weighted by Crippen LogP contribution is -2.31. The van der Waals surface area contributed by atoms with Crippen LogP contribution in [0.5, 0.6) is 11.5 Å². The van der Waals surface area contributed by atoms with Crippen LogP contribution in [0.1, 0.15) is 31.9 Å². The number of ether oxygens (including phenoxy) is 2. The maximum absolute atomic E-state index is 6.28. The molecular formula is C22H30Cl2N2O2. The molecule has 0 unspecified atom stereocenters. The molecule has 0 bridgehead atoms. The van der Waals surface area contributed by atoms with Gasteiger partial charge in [0.25, 0.3) is 0 Å². The first-order valence-corrected chi connectivity index (χ1v) is 10.6. The van der Waals surface area contributed by atoms with E-state index in [1.807, 2.05) is 31.2 Å². The molecule has 0 saturated heterocycles. The number of hydrogen-bond donors (Lipinski definition) is 1. The zero-order valence-corrected chi connectivity index (χ0v) is 18.4. The second kappa shape index (κ2) is 12.2. The molecule has 28 heavy (non-hydrogen) atoms. The van der Waals surface area contributed by atoms with Crippen LogP contribution in [-0.4, -0.2) is 37.7 Å². The molecule has 4 nitrogen and oxygen atoms in total. The zero-order valence-electron chi connectivity index (χ0n) is 16.9. The predicted molar refractivity (Wildman–Crippen MR) is 118 cm³/mol. The van der Waals surface area contributed by atoms with Gasteiger partial charge in [0, 0.05) is 40.8 Å². The van der Waals surface area contributed by atoms with Crippen molar-refractivity contribution in [1.29, 1.82) is 0 Å². The van der Waals surface area contributed by atoms with Gasteiger partial charge in [-0.3, -0.25) is 0 Å². The Hall–Kier alpha value is -1.46. The van der Waals surface area contributed by atoms with Crippen LogP contribution in [0, 0.1) is 0 Å². The van der Waals surface area contributed by atoms with Crippen LogP contribution in [0.25, 0.3) is 0 Å². The van der Waals surface area contributed by atoms with Crippen LogP contribution < -0.4 is 14.8 Å². The van der Waals surface area contributed by atoms with Gasteiger partial charge in [-0.15, -0.1) is 0 Å². The average molecular weight is 425 g/mol. The molecule has 154 valence electrons. The Bertz CT molecular complexity index is 736. The van der Waals surface area contributed by atoms with Gasteiger partial charge >= 0.3 is 0 Å². The summed E-state index contributed by atoms with van der Waals surface area (Å²) in [5, 5.41) is 4.72. The number of hydrogen-bond acceptors (Lipinski definition) is 4. The predicted octanol–water partition coefficient (Wildman–Crippen LogP) is 5.40. The van der Waals surface area contributed by atoms with Crippen molar-refractivity contribution < 1.29 is 9.47 Å². The Morgan fingerprint density at radius 2 is 1.75 bits per heavy atom. The van der Waals surface area contributed by atoms with E-state index in [4.69, 9.17) is 32.7 Å². The highest BCUT2D eigenvalue weighted by Crippen LogP contribution is 2.33. The SMILES string of the molecule is CCOc1cccc(CNCCN(CC)CC)c1OCc1ccc(Cl)cc1Cl. The van der Waals surface area contributed by atoms with Crippen molar-refractivity contribution in [3.8, 4) is 11.5 Å². The molecule has 0 radical (unpaired) electrons. The Balaban J connectivity index is 2.07. The lowest BCUT2D eigenvalue weighted by atomic mass is 10.1. The van der Waals surface area contributed by atoms with Crippen molar-refractivity contribution >= 4 is 23.2 Å². The van der Waals surface area contributed by atoms with Crippen molar-refractivity contribution in [3.63, 3.8) is 0 Å². The van der Waals surface area contributed by atoms with Crippen molar-refractivity contribution in [2.45, 2.75) is 33.9 Å². The topological polar surface area (TPSA) is 33.7 Å². The summed E-state index contributed by atoms with van der Waals surface area (Å²) in [4.78, 5) is 2.39. The van der Waals surface area contributed by atoms with Crippen molar-refractivity contribution in [1.82, 2.24) is 10.2 Å². The number of benzene rings is 2. The molecule has 0 fully saturated rings. The lowest BCUT2D eigenvalue weighted by molar-refractivity contribution is 0.265. The summed E-state index contributed by atoms with van der Waals surface area (Å²) in [6, 6.07) is 11.4. The third-order valence-electron chi connectivity index (χ3n) is 4.56. The van der Waals surface area contributed by atoms with E-state index in [2.05, 4.69) is 30.1 Å². The molecule has 0 atom stereocenters. The van der Waals surface area contributed by atoms with Crippen LogP contribution >= 0.6 is 23.2 Å². The fraction of sp³-hybridized carbons (Fsp3) is 0.455. The molecule has 6 heteroatoms. The average Bonchev–Trinajstić information content (AvgIpc) is 2.69. The monoisotopic (exact) mass is 424 g/mol. The van der Waals surface area contributed by atoms with Gasteiger partial charge < -0.3 is 19.7 Å². The van der Waals surface area contributed by atoms with Gasteiger partial charge in [-0.05, 0) is 38.2 Å². The van der Waals surface area contributed by atoms with Crippen molar-refractivity contribution in [3.05, 3.63) is 57.6 Å². The van der Waals surface area contributed by atoms with Gasteiger partial charge in [-0.2, -0.15) is 0 Å². The molecule has 2 aromatic rings. The van der Waals surface area contributed by atoms with Crippen molar-refractivity contribution in [2.24, 2.45) is 0 Å². The second-order valence-corrected chi connectivity index (χ2v) is 7.25. The lowest BCUT2D eigenvalue weighted by Gasteiger charge is -2.19. The Kier molecular flexibility index (Phi) is 9.93. The molecular weight excluding hydrogens is 395 g/mol. The van der Waals surface area contributed by atoms with E-state index in [0.717, 1.165) is 48.8 Å². The summed E-state index contributed by atoms with van der Waals surface area (Å²) in [5.74, 6) is 1.50. The largest absolute Gasteiger partial charge is 0.490 e. The zero-order chi connectivity index (χ0) is 20.4. The van der Waals surface area contributed by atoms with Gasteiger partial charge in [0.2, 0.25) is 0 Å². The summed E-state index contributed by atoms with van der Waals surface area (Å²) in [5.41, 5.74) is 1.95. The van der Waals surface area contributed by atoms with E-state index in [1.54, 1.807) is 6.07 Å². The third kappa shape index (κ3) is 6.85. The fourth-order valence-electron chi connectivity index (χ4n) is 2.92. The summed E-state index contributed by atoms with van der Waals surface area (Å²) in [7, 11) is 0. The molecule has 0 heterocycles. The van der Waals surface area contributed by atoms with Crippen LogP contribution in [0.2, 0.25) is 10.0 Å². The molecule has 0 saturated carbocycles. The molecule has 1 N–H and O–H groups in total. The standard InChI is InChI=1S/C22H30Cl2N2O2/c1-4-26(5-2)13-12-25-15-17-8-7-9-21(27-6-3)22(17)28-16-18-10-11-19(23)14-20(18)24/h7-11,14,25H,4-6,12-13,15-16H2,1-3H3. The number of halogens is 2. The summed E-state index contributed by atoms with van der Waals surface area (Å²) in [6.07, 6.45) is 0. The minimum Gasteiger partial charge on any atom is -0.490 e. The number of likely N-dealkylation sites (N-methyl/N-ethyl adjacent to an activating group) is 1. The molecule has 2 rings (SSSR count). The van der Waals surface area contributed by atoms with Gasteiger partial charge in [0.05, 0.1) is 6.61 Å². The highest BCUT2D eigenvalue weighted by Gasteiger charge is 2.12. The van der Waals surface area contributed by atoms with Gasteiger partial charge in [0.15, 0.2) is 11.5 Å². The van der Waals surface area contributed by atoms with Gasteiger partial charge in [-0.25, -0.2) is 0 Å². The summed E-state index contributed by atoms with van der Waals surface area (Å²) in [6.45, 7) is 12.1. The molecule has 0 aromatic heterocycles. The first-order valence-electron chi connectivity index (χ1n) is 9.83. The van der Waals surface area contributed by atoms with E-state index < -0.39 is 0 Å². The number of nitrogens with one attached hydrogen (secondary N) is 1. The molecule has 0 aliphatic carbocycles. The highest BCUT2D eigenvalue weighted by atomic mass is 35.5. The van der Waals surface area contributed by atoms with Gasteiger partial charge in [0.1, 0.15) is 6.61 Å². The normalized spacial score (nSPS) is 11.1. The van der Waals surface area contributed by atoms with Gasteiger partial charge in [-0.1, -0.05) is 55.2 Å². The number of nitrogens with zero attached hydrogens (tertiary/aromatic N) is 1. The van der Waals surface area contributed by atoms with E-state index in [0.29, 0.717) is 29.8 Å². The Morgan fingerprint density at radius 1 is 0.964 bits per heavy atom. The third-order valence-corrected chi connectivity index (χ3v) is 5.15. The van der Waals surface area contributed by atoms with E-state index in [1.165, 1.54) is 0 Å². The maximum Gasteiger partial charge on any atom is 0.166 e. The van der Waals surface area contributed by atoms with Crippen LogP contribution in [-0.2, 0) is 13.2 Å². The molecule has 0 spiro atoms. The minimum atomic E-state index is 0.354. The smallest absolute Gasteiger partial charge is 0.166 e. The second-order valence-electron chi connectivity index (χ2n) is 6.41. The molecule has 0 aliphatic rings. The molecule has 0 amide bonds. The van der Waals surface area contributed by atoms with Crippen molar-refractivity contribution in [2.75, 3.05) is 32.8 Å². The first-order chi connectivity index (χ1) is 13.6. The van der Waals surface area contributed by atoms with Crippen LogP contribution in [0.15, 0.2) is 36.4 Å². The van der Waals surface area contributed by atoms with E-state index in [9.17, 15) is 0 Å². The number of para-hydroxylation sites is 1. The Labute approximate surface area is 178 Å². The van der Waals surface area contributed by atoms with E-state index in [-0.39, 0.29) is 0 Å². The highest BCUT2D eigenvalue weighted by molar-refractivity contribution is 6.35. The fourth-order valence-corrected chi connectivity index (χ4v) is 3.39.